The second-order valence-corrected chi connectivity index (χ2v) is 11.2. The number of ketones is 1. The maximum atomic E-state index is 10.9. The van der Waals surface area contributed by atoms with Crippen LogP contribution in [0, 0.1) is 5.92 Å². The van der Waals surface area contributed by atoms with Gasteiger partial charge in [0.1, 0.15) is 23.7 Å². The molecule has 5 atom stereocenters. The van der Waals surface area contributed by atoms with E-state index in [1.165, 1.54) is 22.1 Å². The first-order chi connectivity index (χ1) is 18.3. The van der Waals surface area contributed by atoms with Gasteiger partial charge in [0, 0.05) is 29.4 Å². The van der Waals surface area contributed by atoms with Gasteiger partial charge in [-0.25, -0.2) is 0 Å². The molecule has 3 aromatic rings. The summed E-state index contributed by atoms with van der Waals surface area (Å²) in [5.41, 5.74) is 3.50. The van der Waals surface area contributed by atoms with E-state index >= 15 is 0 Å². The fourth-order valence-electron chi connectivity index (χ4n) is 7.11. The van der Waals surface area contributed by atoms with Gasteiger partial charge in [0.05, 0.1) is 7.11 Å². The second kappa shape index (κ2) is 9.44. The average molecular weight is 514 g/mol. The van der Waals surface area contributed by atoms with Crippen LogP contribution < -0.4 is 9.47 Å². The Hall–Kier alpha value is -3.35. The number of carbonyl (C=O) groups excluding carboxylic acids is 1. The molecule has 4 aliphatic rings. The Morgan fingerprint density at radius 2 is 1.92 bits per heavy atom. The molecular formula is C32H35NO5. The second-order valence-electron chi connectivity index (χ2n) is 11.2. The van der Waals surface area contributed by atoms with Crippen molar-refractivity contribution in [2.24, 2.45) is 5.92 Å². The normalized spacial score (nSPS) is 28.2. The number of aryl methyl sites for hydroxylation is 1. The van der Waals surface area contributed by atoms with Gasteiger partial charge in [0.25, 0.3) is 0 Å². The van der Waals surface area contributed by atoms with Crippen molar-refractivity contribution in [3.05, 3.63) is 77.4 Å². The Morgan fingerprint density at radius 3 is 2.71 bits per heavy atom. The number of rotatable bonds is 4. The summed E-state index contributed by atoms with van der Waals surface area (Å²) in [5, 5.41) is 23.0. The minimum atomic E-state index is -0.594. The van der Waals surface area contributed by atoms with Gasteiger partial charge in [-0.1, -0.05) is 42.5 Å². The monoisotopic (exact) mass is 513 g/mol. The standard InChI is InChI=1S/C17H19NO3.C15H16O2/c1-18-7-6-17-10-3-5-13(20)16(17)21-15-12(19)4-2-9(14(15)17)8-11(10)18;1-11(16)3-4-12-5-6-14-10-15(17-2)8-7-13(14)9-12/h2-5,10-11,13,16,19-20H,6-8H2,1H3;5-10H,3-4H2,1-2H3/t10-,11+,13-,16-,17-;/m0./s1. The molecule has 1 saturated heterocycles. The van der Waals surface area contributed by atoms with Gasteiger partial charge in [-0.15, -0.1) is 0 Å². The Bertz CT molecular complexity index is 1430. The van der Waals surface area contributed by atoms with Gasteiger partial charge < -0.3 is 29.4 Å². The molecule has 38 heavy (non-hydrogen) atoms. The Morgan fingerprint density at radius 1 is 1.13 bits per heavy atom. The van der Waals surface area contributed by atoms with E-state index in [9.17, 15) is 15.0 Å². The van der Waals surface area contributed by atoms with Crippen LogP contribution in [0.25, 0.3) is 10.8 Å². The van der Waals surface area contributed by atoms with Crippen LogP contribution >= 0.6 is 0 Å². The molecule has 1 fully saturated rings. The lowest BCUT2D eigenvalue weighted by atomic mass is 9.53. The highest BCUT2D eigenvalue weighted by Crippen LogP contribution is 2.62. The van der Waals surface area contributed by atoms with E-state index in [1.54, 1.807) is 20.1 Å². The van der Waals surface area contributed by atoms with Crippen LogP contribution in [0.15, 0.2) is 60.7 Å². The Balaban J connectivity index is 0.000000143. The summed E-state index contributed by atoms with van der Waals surface area (Å²) in [5.74, 6) is 2.29. The fourth-order valence-corrected chi connectivity index (χ4v) is 7.11. The van der Waals surface area contributed by atoms with Crippen molar-refractivity contribution in [2.45, 2.75) is 56.3 Å². The first-order valence-corrected chi connectivity index (χ1v) is 13.5. The molecule has 0 radical (unpaired) electrons. The SMILES string of the molecule is CN1CC[C@]23c4c5ccc(O)c4O[C@H]2[C@@H](O)C=C[C@H]3[C@H]1C5.COc1ccc2cc(CCC(C)=O)ccc2c1. The van der Waals surface area contributed by atoms with Gasteiger partial charge in [0.2, 0.25) is 0 Å². The van der Waals surface area contributed by atoms with Crippen molar-refractivity contribution in [3.8, 4) is 17.2 Å². The van der Waals surface area contributed by atoms with Crippen LogP contribution in [0.4, 0.5) is 0 Å². The number of fused-ring (bicyclic) bond motifs is 1. The number of aliphatic hydroxyl groups excluding tert-OH is 1. The zero-order valence-corrected chi connectivity index (χ0v) is 22.2. The molecule has 0 unspecified atom stereocenters. The van der Waals surface area contributed by atoms with Crippen LogP contribution in [0.3, 0.4) is 0 Å². The smallest absolute Gasteiger partial charge is 0.165 e. The van der Waals surface area contributed by atoms with Crippen LogP contribution in [-0.2, 0) is 23.1 Å². The van der Waals surface area contributed by atoms with Crippen LogP contribution in [-0.4, -0.2) is 59.8 Å². The number of hydrogen-bond donors (Lipinski definition) is 2. The topological polar surface area (TPSA) is 79.2 Å². The zero-order valence-electron chi connectivity index (χ0n) is 22.2. The molecule has 198 valence electrons. The summed E-state index contributed by atoms with van der Waals surface area (Å²) in [6.07, 6.45) is 6.61. The van der Waals surface area contributed by atoms with Crippen molar-refractivity contribution in [3.63, 3.8) is 0 Å². The number of carbonyl (C=O) groups is 1. The lowest BCUT2D eigenvalue weighted by Gasteiger charge is -2.56. The van der Waals surface area contributed by atoms with Gasteiger partial charge in [-0.05, 0) is 79.9 Å². The Labute approximate surface area is 223 Å². The van der Waals surface area contributed by atoms with E-state index < -0.39 is 6.10 Å². The molecule has 0 amide bonds. The molecule has 6 heteroatoms. The highest BCUT2D eigenvalue weighted by Gasteiger charge is 2.64. The minimum absolute atomic E-state index is 0.160. The summed E-state index contributed by atoms with van der Waals surface area (Å²) in [7, 11) is 3.86. The van der Waals surface area contributed by atoms with Crippen LogP contribution in [0.2, 0.25) is 0 Å². The lowest BCUT2D eigenvalue weighted by molar-refractivity contribution is -0.116. The number of aromatic hydroxyl groups is 1. The van der Waals surface area contributed by atoms with E-state index in [0.29, 0.717) is 24.1 Å². The third kappa shape index (κ3) is 3.89. The largest absolute Gasteiger partial charge is 0.504 e. The number of nitrogens with zero attached hydrogens (tertiary/aromatic N) is 1. The number of likely N-dealkylation sites (tertiary alicyclic amines) is 1. The van der Waals surface area contributed by atoms with Gasteiger partial charge in [0.15, 0.2) is 11.5 Å². The molecule has 2 N–H and O–H groups in total. The molecule has 7 rings (SSSR count). The van der Waals surface area contributed by atoms with Gasteiger partial charge in [-0.3, -0.25) is 0 Å². The number of Topliss-reactive ketones (excluding diaryl/α,β-unsaturated/α-hetero) is 1. The molecule has 3 aromatic carbocycles. The molecule has 0 aromatic heterocycles. The van der Waals surface area contributed by atoms with E-state index in [4.69, 9.17) is 9.47 Å². The van der Waals surface area contributed by atoms with Crippen molar-refractivity contribution < 1.29 is 24.5 Å². The predicted octanol–water partition coefficient (Wildman–Crippen LogP) is 4.57. The third-order valence-electron chi connectivity index (χ3n) is 9.03. The zero-order chi connectivity index (χ0) is 26.6. The number of aliphatic hydroxyl groups is 1. The molecule has 1 spiro atoms. The Kier molecular flexibility index (Phi) is 6.20. The quantitative estimate of drug-likeness (QED) is 0.498. The summed E-state index contributed by atoms with van der Waals surface area (Å²) in [6.45, 7) is 2.64. The molecular weight excluding hydrogens is 478 g/mol. The first-order valence-electron chi connectivity index (χ1n) is 13.5. The summed E-state index contributed by atoms with van der Waals surface area (Å²) < 4.78 is 11.3. The van der Waals surface area contributed by atoms with Crippen molar-refractivity contribution in [1.29, 1.82) is 0 Å². The summed E-state index contributed by atoms with van der Waals surface area (Å²) in [4.78, 5) is 13.4. The molecule has 2 aliphatic carbocycles. The number of methoxy groups -OCH3 is 1. The molecule has 2 heterocycles. The number of ether oxygens (including phenoxy) is 2. The molecule has 2 bridgehead atoms. The first kappa shape index (κ1) is 25.0. The van der Waals surface area contributed by atoms with E-state index in [0.717, 1.165) is 36.9 Å². The number of phenolic OH excluding ortho intramolecular Hbond substituents is 1. The van der Waals surface area contributed by atoms with E-state index in [2.05, 4.69) is 36.2 Å². The van der Waals surface area contributed by atoms with Gasteiger partial charge in [-0.2, -0.15) is 0 Å². The third-order valence-corrected chi connectivity index (χ3v) is 9.03. The number of phenols is 1. The number of likely N-dealkylation sites (N-methyl/N-ethyl adjacent to an activating group) is 1. The van der Waals surface area contributed by atoms with Crippen molar-refractivity contribution in [2.75, 3.05) is 20.7 Å². The summed E-state index contributed by atoms with van der Waals surface area (Å²) in [6, 6.07) is 16.5. The maximum Gasteiger partial charge on any atom is 0.165 e. The highest BCUT2D eigenvalue weighted by atomic mass is 16.5. The van der Waals surface area contributed by atoms with Crippen LogP contribution in [0.1, 0.15) is 36.5 Å². The van der Waals surface area contributed by atoms with E-state index in [1.807, 2.05) is 30.3 Å². The van der Waals surface area contributed by atoms with Gasteiger partial charge >= 0.3 is 0 Å². The van der Waals surface area contributed by atoms with Crippen LogP contribution in [0.5, 0.6) is 17.2 Å². The molecule has 0 saturated carbocycles. The average Bonchev–Trinajstić information content (AvgIpc) is 3.28. The van der Waals surface area contributed by atoms with Crippen molar-refractivity contribution >= 4 is 16.6 Å². The number of benzene rings is 3. The predicted molar refractivity (Wildman–Crippen MR) is 147 cm³/mol. The van der Waals surface area contributed by atoms with Crippen molar-refractivity contribution in [1.82, 2.24) is 4.90 Å². The molecule has 6 nitrogen and oxygen atoms in total. The van der Waals surface area contributed by atoms with E-state index in [-0.39, 0.29) is 23.1 Å². The molecule has 2 aliphatic heterocycles. The fraction of sp³-hybridized carbons (Fsp3) is 0.406. The highest BCUT2D eigenvalue weighted by molar-refractivity contribution is 5.84. The number of piperidine rings is 1. The lowest BCUT2D eigenvalue weighted by Crippen LogP contribution is -2.64. The maximum absolute atomic E-state index is 10.9. The minimum Gasteiger partial charge on any atom is -0.504 e. The summed E-state index contributed by atoms with van der Waals surface area (Å²) >= 11 is 0. The number of hydrogen-bond acceptors (Lipinski definition) is 6.